The molecule has 1 amide bonds. The van der Waals surface area contributed by atoms with Gasteiger partial charge in [-0.2, -0.15) is 17.5 Å². The fraction of sp³-hybridized carbons (Fsp3) is 0.250. The third-order valence-corrected chi connectivity index (χ3v) is 7.31. The highest BCUT2D eigenvalue weighted by Crippen LogP contribution is 2.30. The number of halogens is 4. The highest BCUT2D eigenvalue weighted by molar-refractivity contribution is 7.89. The number of aromatic nitrogens is 1. The van der Waals surface area contributed by atoms with Crippen LogP contribution in [0.25, 0.3) is 10.9 Å². The molecule has 0 atom stereocenters. The first-order valence-electron chi connectivity index (χ1n) is 9.31. The van der Waals surface area contributed by atoms with Crippen molar-refractivity contribution in [2.45, 2.75) is 11.1 Å². The Hall–Kier alpha value is -2.56. The van der Waals surface area contributed by atoms with E-state index >= 15 is 0 Å². The van der Waals surface area contributed by atoms with Gasteiger partial charge in [-0.25, -0.2) is 8.42 Å². The number of rotatable bonds is 3. The number of nitrogens with one attached hydrogen (secondary N) is 1. The molecule has 31 heavy (non-hydrogen) atoms. The van der Waals surface area contributed by atoms with Crippen LogP contribution >= 0.6 is 11.6 Å². The lowest BCUT2D eigenvalue weighted by Crippen LogP contribution is -2.50. The molecule has 2 aromatic carbocycles. The Labute approximate surface area is 181 Å². The first kappa shape index (κ1) is 21.7. The highest BCUT2D eigenvalue weighted by Gasteiger charge is 2.33. The van der Waals surface area contributed by atoms with E-state index in [1.54, 1.807) is 24.3 Å². The molecule has 2 heterocycles. The number of hydrogen-bond donors (Lipinski definition) is 1. The van der Waals surface area contributed by atoms with Crippen molar-refractivity contribution in [3.05, 3.63) is 64.8 Å². The SMILES string of the molecule is O=C(c1cc2cc(Cl)ccc2[nH]1)N1CCN(S(=O)(=O)c2ccc(C(F)(F)F)cc2)CC1. The van der Waals surface area contributed by atoms with Crippen LogP contribution in [0.15, 0.2) is 53.4 Å². The molecule has 0 unspecified atom stereocenters. The minimum absolute atomic E-state index is 0.0428. The Morgan fingerprint density at radius 2 is 1.61 bits per heavy atom. The Bertz CT molecular complexity index is 1230. The Kier molecular flexibility index (Phi) is 5.48. The number of aromatic amines is 1. The van der Waals surface area contributed by atoms with Crippen LogP contribution in [-0.4, -0.2) is 54.7 Å². The van der Waals surface area contributed by atoms with Gasteiger partial charge in [0, 0.05) is 42.1 Å². The summed E-state index contributed by atoms with van der Waals surface area (Å²) in [6, 6.07) is 10.3. The van der Waals surface area contributed by atoms with E-state index in [0.717, 1.165) is 35.2 Å². The smallest absolute Gasteiger partial charge is 0.351 e. The van der Waals surface area contributed by atoms with E-state index in [1.165, 1.54) is 9.21 Å². The van der Waals surface area contributed by atoms with Crippen LogP contribution in [0.1, 0.15) is 16.1 Å². The van der Waals surface area contributed by atoms with E-state index in [9.17, 15) is 26.4 Å². The average molecular weight is 472 g/mol. The number of amides is 1. The maximum atomic E-state index is 12.8. The predicted molar refractivity (Wildman–Crippen MR) is 109 cm³/mol. The Balaban J connectivity index is 1.45. The first-order chi connectivity index (χ1) is 14.6. The van der Waals surface area contributed by atoms with Crippen LogP contribution in [0, 0.1) is 0 Å². The number of sulfonamides is 1. The molecule has 0 spiro atoms. The van der Waals surface area contributed by atoms with Crippen molar-refractivity contribution < 1.29 is 26.4 Å². The lowest BCUT2D eigenvalue weighted by atomic mass is 10.2. The van der Waals surface area contributed by atoms with Crippen molar-refractivity contribution >= 4 is 38.4 Å². The third-order valence-electron chi connectivity index (χ3n) is 5.16. The fourth-order valence-electron chi connectivity index (χ4n) is 3.49. The second kappa shape index (κ2) is 7.85. The molecule has 1 aromatic heterocycles. The van der Waals surface area contributed by atoms with Crippen LogP contribution in [0.2, 0.25) is 5.02 Å². The first-order valence-corrected chi connectivity index (χ1v) is 11.1. The third kappa shape index (κ3) is 4.28. The molecule has 1 aliphatic heterocycles. The standard InChI is InChI=1S/C20H17ClF3N3O3S/c21-15-3-6-17-13(11-15)12-18(25-17)19(28)26-7-9-27(10-8-26)31(29,30)16-4-1-14(2-5-16)20(22,23)24/h1-6,11-12,25H,7-10H2. The number of hydrogen-bond acceptors (Lipinski definition) is 3. The molecule has 1 saturated heterocycles. The minimum Gasteiger partial charge on any atom is -0.351 e. The van der Waals surface area contributed by atoms with Gasteiger partial charge in [0.25, 0.3) is 5.91 Å². The molecule has 11 heteroatoms. The Morgan fingerprint density at radius 1 is 0.968 bits per heavy atom. The molecular formula is C20H17ClF3N3O3S. The quantitative estimate of drug-likeness (QED) is 0.628. The van der Waals surface area contributed by atoms with E-state index in [0.29, 0.717) is 10.7 Å². The molecule has 1 aliphatic rings. The average Bonchev–Trinajstić information content (AvgIpc) is 3.16. The lowest BCUT2D eigenvalue weighted by Gasteiger charge is -2.33. The number of carbonyl (C=O) groups excluding carboxylic acids is 1. The highest BCUT2D eigenvalue weighted by atomic mass is 35.5. The van der Waals surface area contributed by atoms with Gasteiger partial charge in [0.05, 0.1) is 10.5 Å². The molecule has 3 aromatic rings. The molecule has 0 saturated carbocycles. The van der Waals surface area contributed by atoms with E-state index < -0.39 is 21.8 Å². The molecule has 4 rings (SSSR count). The zero-order valence-electron chi connectivity index (χ0n) is 16.0. The van der Waals surface area contributed by atoms with Crippen LogP contribution in [0.4, 0.5) is 13.2 Å². The summed E-state index contributed by atoms with van der Waals surface area (Å²) < 4.78 is 64.8. The van der Waals surface area contributed by atoms with Crippen molar-refractivity contribution in [1.82, 2.24) is 14.2 Å². The zero-order chi connectivity index (χ0) is 22.4. The summed E-state index contributed by atoms with van der Waals surface area (Å²) in [5, 5.41) is 1.34. The van der Waals surface area contributed by atoms with Crippen molar-refractivity contribution in [3.8, 4) is 0 Å². The molecule has 0 aliphatic carbocycles. The van der Waals surface area contributed by atoms with E-state index in [-0.39, 0.29) is 37.0 Å². The monoisotopic (exact) mass is 471 g/mol. The number of piperazine rings is 1. The Morgan fingerprint density at radius 3 is 2.23 bits per heavy atom. The van der Waals surface area contributed by atoms with Crippen LogP contribution in [-0.2, 0) is 16.2 Å². The molecule has 0 radical (unpaired) electrons. The number of alkyl halides is 3. The second-order valence-corrected chi connectivity index (χ2v) is 9.51. The summed E-state index contributed by atoms with van der Waals surface area (Å²) in [6.07, 6.45) is -4.54. The zero-order valence-corrected chi connectivity index (χ0v) is 17.6. The maximum absolute atomic E-state index is 12.8. The van der Waals surface area contributed by atoms with Crippen molar-refractivity contribution in [2.75, 3.05) is 26.2 Å². The molecule has 164 valence electrons. The summed E-state index contributed by atoms with van der Waals surface area (Å²) in [4.78, 5) is 17.1. The van der Waals surface area contributed by atoms with Crippen LogP contribution in [0.5, 0.6) is 0 Å². The van der Waals surface area contributed by atoms with Crippen LogP contribution in [0.3, 0.4) is 0 Å². The van der Waals surface area contributed by atoms with Gasteiger partial charge in [0.2, 0.25) is 10.0 Å². The van der Waals surface area contributed by atoms with E-state index in [4.69, 9.17) is 11.6 Å². The number of nitrogens with zero attached hydrogens (tertiary/aromatic N) is 2. The van der Waals surface area contributed by atoms with Gasteiger partial charge in [-0.05, 0) is 48.5 Å². The molecule has 1 fully saturated rings. The van der Waals surface area contributed by atoms with Gasteiger partial charge in [0.15, 0.2) is 0 Å². The lowest BCUT2D eigenvalue weighted by molar-refractivity contribution is -0.137. The molecule has 0 bridgehead atoms. The molecular weight excluding hydrogens is 455 g/mol. The summed E-state index contributed by atoms with van der Waals surface area (Å²) in [6.45, 7) is 0.409. The largest absolute Gasteiger partial charge is 0.416 e. The van der Waals surface area contributed by atoms with Crippen molar-refractivity contribution in [1.29, 1.82) is 0 Å². The number of H-pyrrole nitrogens is 1. The minimum atomic E-state index is -4.54. The second-order valence-electron chi connectivity index (χ2n) is 7.13. The summed E-state index contributed by atoms with van der Waals surface area (Å²) in [5.41, 5.74) is 0.217. The summed E-state index contributed by atoms with van der Waals surface area (Å²) in [5.74, 6) is -0.265. The maximum Gasteiger partial charge on any atom is 0.416 e. The van der Waals surface area contributed by atoms with Gasteiger partial charge in [-0.15, -0.1) is 0 Å². The molecule has 6 nitrogen and oxygen atoms in total. The number of carbonyl (C=O) groups is 1. The number of benzene rings is 2. The van der Waals surface area contributed by atoms with Crippen molar-refractivity contribution in [2.24, 2.45) is 0 Å². The van der Waals surface area contributed by atoms with Gasteiger partial charge < -0.3 is 9.88 Å². The topological polar surface area (TPSA) is 73.5 Å². The fourth-order valence-corrected chi connectivity index (χ4v) is 5.09. The van der Waals surface area contributed by atoms with E-state index in [2.05, 4.69) is 4.98 Å². The van der Waals surface area contributed by atoms with Crippen molar-refractivity contribution in [3.63, 3.8) is 0 Å². The van der Waals surface area contributed by atoms with Gasteiger partial charge in [-0.3, -0.25) is 4.79 Å². The summed E-state index contributed by atoms with van der Waals surface area (Å²) >= 11 is 5.97. The normalized spacial score (nSPS) is 16.1. The number of fused-ring (bicyclic) bond motifs is 1. The summed E-state index contributed by atoms with van der Waals surface area (Å²) in [7, 11) is -3.96. The molecule has 1 N–H and O–H groups in total. The van der Waals surface area contributed by atoms with Crippen LogP contribution < -0.4 is 0 Å². The van der Waals surface area contributed by atoms with Gasteiger partial charge >= 0.3 is 6.18 Å². The van der Waals surface area contributed by atoms with E-state index in [1.807, 2.05) is 0 Å². The predicted octanol–water partition coefficient (Wildman–Crippen LogP) is 3.99. The van der Waals surface area contributed by atoms with Gasteiger partial charge in [0.1, 0.15) is 5.69 Å². The van der Waals surface area contributed by atoms with Gasteiger partial charge in [-0.1, -0.05) is 11.6 Å².